The maximum atomic E-state index is 12.6. The summed E-state index contributed by atoms with van der Waals surface area (Å²) in [6, 6.07) is 21.1. The molecule has 3 rings (SSSR count). The Kier molecular flexibility index (Phi) is 6.33. The molecular formula is C24H25NO3. The van der Waals surface area contributed by atoms with E-state index < -0.39 is 0 Å². The summed E-state index contributed by atoms with van der Waals surface area (Å²) in [6.07, 6.45) is 0.969. The number of methoxy groups -OCH3 is 1. The maximum absolute atomic E-state index is 12.6. The van der Waals surface area contributed by atoms with E-state index in [2.05, 4.69) is 12.2 Å². The molecule has 4 heteroatoms. The molecule has 0 spiro atoms. The largest absolute Gasteiger partial charge is 0.496 e. The van der Waals surface area contributed by atoms with Gasteiger partial charge in [0.15, 0.2) is 0 Å². The van der Waals surface area contributed by atoms with Crippen molar-refractivity contribution in [3.63, 3.8) is 0 Å². The number of anilines is 1. The minimum absolute atomic E-state index is 0.163. The highest BCUT2D eigenvalue weighted by atomic mass is 16.5. The van der Waals surface area contributed by atoms with Crippen LogP contribution in [0.2, 0.25) is 0 Å². The third kappa shape index (κ3) is 4.92. The van der Waals surface area contributed by atoms with Crippen LogP contribution in [0.3, 0.4) is 0 Å². The van der Waals surface area contributed by atoms with E-state index in [9.17, 15) is 4.79 Å². The van der Waals surface area contributed by atoms with E-state index in [4.69, 9.17) is 9.47 Å². The molecule has 0 bridgehead atoms. The second-order valence-corrected chi connectivity index (χ2v) is 6.64. The van der Waals surface area contributed by atoms with Crippen LogP contribution < -0.4 is 14.8 Å². The van der Waals surface area contributed by atoms with Crippen molar-refractivity contribution < 1.29 is 14.3 Å². The van der Waals surface area contributed by atoms with Gasteiger partial charge in [-0.15, -0.1) is 0 Å². The van der Waals surface area contributed by atoms with Gasteiger partial charge in [-0.05, 0) is 66.9 Å². The Labute approximate surface area is 166 Å². The van der Waals surface area contributed by atoms with Crippen molar-refractivity contribution in [3.05, 3.63) is 89.0 Å². The smallest absolute Gasteiger partial charge is 0.255 e. The van der Waals surface area contributed by atoms with Gasteiger partial charge in [0.05, 0.1) is 7.11 Å². The van der Waals surface area contributed by atoms with Crippen molar-refractivity contribution in [1.29, 1.82) is 0 Å². The minimum Gasteiger partial charge on any atom is -0.496 e. The lowest BCUT2D eigenvalue weighted by atomic mass is 10.1. The van der Waals surface area contributed by atoms with Crippen molar-refractivity contribution in [2.24, 2.45) is 0 Å². The topological polar surface area (TPSA) is 47.6 Å². The van der Waals surface area contributed by atoms with E-state index in [1.165, 1.54) is 5.56 Å². The Morgan fingerprint density at radius 3 is 2.46 bits per heavy atom. The molecule has 0 aliphatic carbocycles. The lowest BCUT2D eigenvalue weighted by molar-refractivity contribution is 0.102. The van der Waals surface area contributed by atoms with Gasteiger partial charge >= 0.3 is 0 Å². The van der Waals surface area contributed by atoms with Gasteiger partial charge in [-0.25, -0.2) is 0 Å². The van der Waals surface area contributed by atoms with Gasteiger partial charge in [0, 0.05) is 16.8 Å². The molecule has 0 aliphatic rings. The van der Waals surface area contributed by atoms with Crippen LogP contribution in [0.25, 0.3) is 0 Å². The fourth-order valence-corrected chi connectivity index (χ4v) is 2.93. The first-order valence-electron chi connectivity index (χ1n) is 9.35. The van der Waals surface area contributed by atoms with Gasteiger partial charge in [-0.1, -0.05) is 31.2 Å². The van der Waals surface area contributed by atoms with Crippen molar-refractivity contribution in [2.45, 2.75) is 26.9 Å². The van der Waals surface area contributed by atoms with Crippen molar-refractivity contribution in [3.8, 4) is 11.5 Å². The summed E-state index contributed by atoms with van der Waals surface area (Å²) in [6.45, 7) is 4.44. The molecule has 0 radical (unpaired) electrons. The second kappa shape index (κ2) is 9.09. The minimum atomic E-state index is -0.163. The van der Waals surface area contributed by atoms with Gasteiger partial charge < -0.3 is 14.8 Å². The molecule has 1 amide bonds. The Bertz CT molecular complexity index is 948. The van der Waals surface area contributed by atoms with Gasteiger partial charge in [0.1, 0.15) is 18.1 Å². The second-order valence-electron chi connectivity index (χ2n) is 6.64. The summed E-state index contributed by atoms with van der Waals surface area (Å²) < 4.78 is 11.3. The summed E-state index contributed by atoms with van der Waals surface area (Å²) >= 11 is 0. The molecule has 4 nitrogen and oxygen atoms in total. The van der Waals surface area contributed by atoms with Crippen LogP contribution >= 0.6 is 0 Å². The van der Waals surface area contributed by atoms with E-state index in [-0.39, 0.29) is 5.91 Å². The summed E-state index contributed by atoms with van der Waals surface area (Å²) in [5.74, 6) is 1.31. The third-order valence-corrected chi connectivity index (χ3v) is 4.55. The van der Waals surface area contributed by atoms with Crippen LogP contribution in [-0.2, 0) is 13.0 Å². The standard InChI is InChI=1S/C24H25NO3/c1-4-18-8-11-21(12-9-18)25-24(26)19-10-13-23(27-3)20(15-19)16-28-22-7-5-6-17(2)14-22/h5-15H,4,16H2,1-3H3,(H,25,26). The van der Waals surface area contributed by atoms with Crippen molar-refractivity contribution >= 4 is 11.6 Å². The molecule has 0 heterocycles. The number of nitrogens with one attached hydrogen (secondary N) is 1. The molecule has 3 aromatic carbocycles. The first-order chi connectivity index (χ1) is 13.6. The summed E-state index contributed by atoms with van der Waals surface area (Å²) in [7, 11) is 1.61. The highest BCUT2D eigenvalue weighted by Crippen LogP contribution is 2.23. The van der Waals surface area contributed by atoms with Crippen LogP contribution in [0.4, 0.5) is 5.69 Å². The van der Waals surface area contributed by atoms with Crippen molar-refractivity contribution in [1.82, 2.24) is 0 Å². The number of aryl methyl sites for hydroxylation is 2. The molecule has 1 N–H and O–H groups in total. The molecule has 0 atom stereocenters. The zero-order valence-corrected chi connectivity index (χ0v) is 16.5. The molecule has 0 aliphatic heterocycles. The number of hydrogen-bond acceptors (Lipinski definition) is 3. The Hall–Kier alpha value is -3.27. The van der Waals surface area contributed by atoms with Gasteiger partial charge in [-0.2, -0.15) is 0 Å². The zero-order valence-electron chi connectivity index (χ0n) is 16.5. The monoisotopic (exact) mass is 375 g/mol. The maximum Gasteiger partial charge on any atom is 0.255 e. The summed E-state index contributed by atoms with van der Waals surface area (Å²) in [4.78, 5) is 12.6. The van der Waals surface area contributed by atoms with Crippen LogP contribution in [0.15, 0.2) is 66.7 Å². The lowest BCUT2D eigenvalue weighted by Gasteiger charge is -2.13. The van der Waals surface area contributed by atoms with E-state index in [0.29, 0.717) is 17.9 Å². The van der Waals surface area contributed by atoms with E-state index in [0.717, 1.165) is 29.0 Å². The Morgan fingerprint density at radius 1 is 1.00 bits per heavy atom. The number of hydrogen-bond donors (Lipinski definition) is 1. The summed E-state index contributed by atoms with van der Waals surface area (Å²) in [5.41, 5.74) is 4.52. The zero-order chi connectivity index (χ0) is 19.9. The highest BCUT2D eigenvalue weighted by Gasteiger charge is 2.11. The molecule has 0 saturated carbocycles. The van der Waals surface area contributed by atoms with E-state index in [1.54, 1.807) is 19.2 Å². The molecule has 3 aromatic rings. The predicted octanol–water partition coefficient (Wildman–Crippen LogP) is 5.40. The highest BCUT2D eigenvalue weighted by molar-refractivity contribution is 6.04. The number of ether oxygens (including phenoxy) is 2. The molecular weight excluding hydrogens is 350 g/mol. The summed E-state index contributed by atoms with van der Waals surface area (Å²) in [5, 5.41) is 2.93. The number of benzene rings is 3. The predicted molar refractivity (Wildman–Crippen MR) is 112 cm³/mol. The van der Waals surface area contributed by atoms with Gasteiger partial charge in [0.2, 0.25) is 0 Å². The SMILES string of the molecule is CCc1ccc(NC(=O)c2ccc(OC)c(COc3cccc(C)c3)c2)cc1. The van der Waals surface area contributed by atoms with Gasteiger partial charge in [-0.3, -0.25) is 4.79 Å². The van der Waals surface area contributed by atoms with Crippen LogP contribution in [-0.4, -0.2) is 13.0 Å². The molecule has 144 valence electrons. The number of carbonyl (C=O) groups is 1. The molecule has 28 heavy (non-hydrogen) atoms. The average molecular weight is 375 g/mol. The third-order valence-electron chi connectivity index (χ3n) is 4.55. The number of rotatable bonds is 7. The van der Waals surface area contributed by atoms with Crippen LogP contribution in [0.5, 0.6) is 11.5 Å². The average Bonchev–Trinajstić information content (AvgIpc) is 2.72. The van der Waals surface area contributed by atoms with E-state index >= 15 is 0 Å². The van der Waals surface area contributed by atoms with E-state index in [1.807, 2.05) is 61.5 Å². The van der Waals surface area contributed by atoms with Crippen molar-refractivity contribution in [2.75, 3.05) is 12.4 Å². The van der Waals surface area contributed by atoms with Crippen LogP contribution in [0, 0.1) is 6.92 Å². The molecule has 0 aromatic heterocycles. The molecule has 0 saturated heterocycles. The van der Waals surface area contributed by atoms with Crippen LogP contribution in [0.1, 0.15) is 34.0 Å². The number of carbonyl (C=O) groups excluding carboxylic acids is 1. The first kappa shape index (κ1) is 19.5. The fourth-order valence-electron chi connectivity index (χ4n) is 2.93. The van der Waals surface area contributed by atoms with Gasteiger partial charge in [0.25, 0.3) is 5.91 Å². The molecule has 0 fully saturated rings. The normalized spacial score (nSPS) is 10.4. The quantitative estimate of drug-likeness (QED) is 0.602. The number of amides is 1. The Balaban J connectivity index is 1.74. The Morgan fingerprint density at radius 2 is 1.79 bits per heavy atom. The first-order valence-corrected chi connectivity index (χ1v) is 9.35. The fraction of sp³-hybridized carbons (Fsp3) is 0.208. The molecule has 0 unspecified atom stereocenters. The lowest BCUT2D eigenvalue weighted by Crippen LogP contribution is -2.13.